The topological polar surface area (TPSA) is 35.5 Å². The molecular formula is C18H24O3. The van der Waals surface area contributed by atoms with E-state index in [2.05, 4.69) is 13.5 Å². The first-order valence-electron chi connectivity index (χ1n) is 7.26. The normalized spacial score (nSPS) is 11.1. The Hall–Kier alpha value is -2.03. The van der Waals surface area contributed by atoms with E-state index >= 15 is 0 Å². The van der Waals surface area contributed by atoms with Crippen LogP contribution in [-0.4, -0.2) is 19.7 Å². The third kappa shape index (κ3) is 4.22. The second-order valence-corrected chi connectivity index (χ2v) is 4.75. The van der Waals surface area contributed by atoms with Crippen LogP contribution in [0.3, 0.4) is 0 Å². The summed E-state index contributed by atoms with van der Waals surface area (Å²) in [6.45, 7) is 9.95. The summed E-state index contributed by atoms with van der Waals surface area (Å²) in [4.78, 5) is 11.8. The second kappa shape index (κ2) is 8.30. The van der Waals surface area contributed by atoms with Crippen molar-refractivity contribution in [2.24, 2.45) is 0 Å². The van der Waals surface area contributed by atoms with E-state index in [-0.39, 0.29) is 5.97 Å². The SMILES string of the molecule is C=Cc1c(OC)ccc(/C=C(\C)C(=O)OCC)c1CCC. The molecule has 1 rings (SSSR count). The van der Waals surface area contributed by atoms with Crippen LogP contribution in [0.2, 0.25) is 0 Å². The van der Waals surface area contributed by atoms with Crippen LogP contribution in [0.5, 0.6) is 5.75 Å². The summed E-state index contributed by atoms with van der Waals surface area (Å²) < 4.78 is 10.4. The lowest BCUT2D eigenvalue weighted by Gasteiger charge is -2.14. The van der Waals surface area contributed by atoms with Gasteiger partial charge in [-0.3, -0.25) is 0 Å². The third-order valence-corrected chi connectivity index (χ3v) is 3.25. The molecule has 3 nitrogen and oxygen atoms in total. The summed E-state index contributed by atoms with van der Waals surface area (Å²) >= 11 is 0. The molecule has 0 saturated carbocycles. The second-order valence-electron chi connectivity index (χ2n) is 4.75. The van der Waals surface area contributed by atoms with Gasteiger partial charge in [-0.15, -0.1) is 0 Å². The zero-order valence-electron chi connectivity index (χ0n) is 13.4. The first kappa shape index (κ1) is 17.0. The summed E-state index contributed by atoms with van der Waals surface area (Å²) in [5.41, 5.74) is 3.74. The number of methoxy groups -OCH3 is 1. The highest BCUT2D eigenvalue weighted by Crippen LogP contribution is 2.29. The lowest BCUT2D eigenvalue weighted by molar-refractivity contribution is -0.138. The first-order valence-corrected chi connectivity index (χ1v) is 7.26. The average Bonchev–Trinajstić information content (AvgIpc) is 2.48. The van der Waals surface area contributed by atoms with Gasteiger partial charge in [0.1, 0.15) is 5.75 Å². The van der Waals surface area contributed by atoms with Gasteiger partial charge < -0.3 is 9.47 Å². The molecule has 0 aliphatic heterocycles. The fourth-order valence-electron chi connectivity index (χ4n) is 2.26. The molecule has 0 heterocycles. The summed E-state index contributed by atoms with van der Waals surface area (Å²) in [7, 11) is 1.65. The number of carbonyl (C=O) groups is 1. The fourth-order valence-corrected chi connectivity index (χ4v) is 2.26. The molecule has 0 fully saturated rings. The van der Waals surface area contributed by atoms with Crippen LogP contribution in [0, 0.1) is 0 Å². The van der Waals surface area contributed by atoms with Crippen LogP contribution in [0.25, 0.3) is 12.2 Å². The number of hydrogen-bond donors (Lipinski definition) is 0. The van der Waals surface area contributed by atoms with Gasteiger partial charge in [0, 0.05) is 11.1 Å². The monoisotopic (exact) mass is 288 g/mol. The quantitative estimate of drug-likeness (QED) is 0.555. The predicted molar refractivity (Wildman–Crippen MR) is 87.4 cm³/mol. The van der Waals surface area contributed by atoms with E-state index in [0.717, 1.165) is 35.3 Å². The molecule has 0 N–H and O–H groups in total. The molecule has 0 aliphatic carbocycles. The minimum absolute atomic E-state index is 0.282. The molecule has 0 aliphatic rings. The Labute approximate surface area is 127 Å². The van der Waals surface area contributed by atoms with Gasteiger partial charge in [0.05, 0.1) is 13.7 Å². The fraction of sp³-hybridized carbons (Fsp3) is 0.389. The number of benzene rings is 1. The maximum Gasteiger partial charge on any atom is 0.333 e. The Balaban J connectivity index is 3.32. The maximum atomic E-state index is 11.8. The first-order chi connectivity index (χ1) is 10.1. The largest absolute Gasteiger partial charge is 0.496 e. The van der Waals surface area contributed by atoms with Crippen LogP contribution >= 0.6 is 0 Å². The molecule has 1 aromatic carbocycles. The number of carbonyl (C=O) groups excluding carboxylic acids is 1. The minimum Gasteiger partial charge on any atom is -0.496 e. The van der Waals surface area contributed by atoms with E-state index < -0.39 is 0 Å². The van der Waals surface area contributed by atoms with E-state index in [0.29, 0.717) is 12.2 Å². The summed E-state index contributed by atoms with van der Waals surface area (Å²) in [6, 6.07) is 3.87. The van der Waals surface area contributed by atoms with Gasteiger partial charge in [0.25, 0.3) is 0 Å². The molecule has 0 bridgehead atoms. The number of esters is 1. The van der Waals surface area contributed by atoms with Crippen molar-refractivity contribution in [2.45, 2.75) is 33.6 Å². The maximum absolute atomic E-state index is 11.8. The van der Waals surface area contributed by atoms with E-state index in [1.54, 1.807) is 27.0 Å². The zero-order valence-corrected chi connectivity index (χ0v) is 13.4. The molecule has 0 amide bonds. The van der Waals surface area contributed by atoms with Crippen molar-refractivity contribution in [2.75, 3.05) is 13.7 Å². The highest BCUT2D eigenvalue weighted by Gasteiger charge is 2.12. The standard InChI is InChI=1S/C18H24O3/c1-6-9-16-14(12-13(4)18(19)21-8-3)10-11-17(20-5)15(16)7-2/h7,10-12H,2,6,8-9H2,1,3-5H3/b13-12+. The Kier molecular flexibility index (Phi) is 6.73. The molecule has 0 aromatic heterocycles. The molecule has 1 aromatic rings. The smallest absolute Gasteiger partial charge is 0.333 e. The zero-order chi connectivity index (χ0) is 15.8. The van der Waals surface area contributed by atoms with E-state index in [1.807, 2.05) is 18.2 Å². The van der Waals surface area contributed by atoms with E-state index in [9.17, 15) is 4.79 Å². The van der Waals surface area contributed by atoms with Gasteiger partial charge >= 0.3 is 5.97 Å². The van der Waals surface area contributed by atoms with Crippen LogP contribution in [0.4, 0.5) is 0 Å². The van der Waals surface area contributed by atoms with Crippen molar-refractivity contribution in [1.82, 2.24) is 0 Å². The van der Waals surface area contributed by atoms with Gasteiger partial charge in [-0.05, 0) is 43.5 Å². The lowest BCUT2D eigenvalue weighted by Crippen LogP contribution is -2.05. The molecule has 0 spiro atoms. The van der Waals surface area contributed by atoms with Crippen molar-refractivity contribution in [3.63, 3.8) is 0 Å². The molecular weight excluding hydrogens is 264 g/mol. The van der Waals surface area contributed by atoms with Gasteiger partial charge in [-0.2, -0.15) is 0 Å². The highest BCUT2D eigenvalue weighted by molar-refractivity contribution is 5.93. The molecule has 0 saturated heterocycles. The molecule has 0 unspecified atom stereocenters. The molecule has 21 heavy (non-hydrogen) atoms. The Bertz CT molecular complexity index is 542. The predicted octanol–water partition coefficient (Wildman–Crippen LogP) is 4.26. The van der Waals surface area contributed by atoms with Crippen molar-refractivity contribution in [1.29, 1.82) is 0 Å². The Morgan fingerprint density at radius 2 is 2.05 bits per heavy atom. The van der Waals surface area contributed by atoms with Crippen molar-refractivity contribution in [3.8, 4) is 5.75 Å². The summed E-state index contributed by atoms with van der Waals surface area (Å²) in [5.74, 6) is 0.523. The van der Waals surface area contributed by atoms with Crippen LogP contribution in [0.1, 0.15) is 43.9 Å². The van der Waals surface area contributed by atoms with Gasteiger partial charge in [0.15, 0.2) is 0 Å². The van der Waals surface area contributed by atoms with E-state index in [4.69, 9.17) is 9.47 Å². The highest BCUT2D eigenvalue weighted by atomic mass is 16.5. The van der Waals surface area contributed by atoms with Crippen LogP contribution in [0.15, 0.2) is 24.3 Å². The van der Waals surface area contributed by atoms with Crippen LogP contribution in [-0.2, 0) is 16.0 Å². The van der Waals surface area contributed by atoms with Crippen LogP contribution < -0.4 is 4.74 Å². The number of ether oxygens (including phenoxy) is 2. The lowest BCUT2D eigenvalue weighted by atomic mass is 9.95. The van der Waals surface area contributed by atoms with Crippen molar-refractivity contribution in [3.05, 3.63) is 41.0 Å². The third-order valence-electron chi connectivity index (χ3n) is 3.25. The van der Waals surface area contributed by atoms with Gasteiger partial charge in [-0.25, -0.2) is 4.79 Å². The van der Waals surface area contributed by atoms with E-state index in [1.165, 1.54) is 0 Å². The Morgan fingerprint density at radius 1 is 1.33 bits per heavy atom. The van der Waals surface area contributed by atoms with Crippen molar-refractivity contribution >= 4 is 18.1 Å². The minimum atomic E-state index is -0.282. The van der Waals surface area contributed by atoms with Gasteiger partial charge in [-0.1, -0.05) is 32.1 Å². The van der Waals surface area contributed by atoms with Gasteiger partial charge in [0.2, 0.25) is 0 Å². The molecule has 3 heteroatoms. The van der Waals surface area contributed by atoms with Crippen molar-refractivity contribution < 1.29 is 14.3 Å². The number of rotatable bonds is 7. The molecule has 0 atom stereocenters. The Morgan fingerprint density at radius 3 is 2.57 bits per heavy atom. The average molecular weight is 288 g/mol. The molecule has 0 radical (unpaired) electrons. The summed E-state index contributed by atoms with van der Waals surface area (Å²) in [5, 5.41) is 0. The number of hydrogen-bond acceptors (Lipinski definition) is 3. The summed E-state index contributed by atoms with van der Waals surface area (Å²) in [6.07, 6.45) is 5.59. The molecule has 114 valence electrons.